The van der Waals surface area contributed by atoms with Crippen molar-refractivity contribution in [1.82, 2.24) is 20.0 Å². The summed E-state index contributed by atoms with van der Waals surface area (Å²) in [5, 5.41) is 4.62. The van der Waals surface area contributed by atoms with Crippen LogP contribution in [0.25, 0.3) is 5.03 Å². The number of fused-ring (bicyclic) bond motifs is 1. The van der Waals surface area contributed by atoms with Crippen molar-refractivity contribution in [1.29, 1.82) is 0 Å². The number of aryl methyl sites for hydroxylation is 1. The largest absolute Gasteiger partial charge is 0.455 e. The number of amides is 1. The Morgan fingerprint density at radius 2 is 1.80 bits per heavy atom. The number of aliphatic imine (C=N–C) groups is 1. The highest BCUT2D eigenvalue weighted by atomic mass is 35.5. The van der Waals surface area contributed by atoms with E-state index >= 15 is 0 Å². The van der Waals surface area contributed by atoms with Gasteiger partial charge in [-0.2, -0.15) is 0 Å². The Morgan fingerprint density at radius 1 is 1.00 bits per heavy atom. The Bertz CT molecular complexity index is 1640. The zero-order chi connectivity index (χ0) is 37.4. The van der Waals surface area contributed by atoms with Crippen molar-refractivity contribution >= 4 is 34.3 Å². The molecule has 7 rings (SSSR count). The van der Waals surface area contributed by atoms with Gasteiger partial charge in [0.25, 0.3) is 6.02 Å². The second-order valence-corrected chi connectivity index (χ2v) is 16.8. The van der Waals surface area contributed by atoms with Gasteiger partial charge in [-0.25, -0.2) is 4.99 Å². The number of ether oxygens (including phenoxy) is 1. The summed E-state index contributed by atoms with van der Waals surface area (Å²) in [7, 11) is 0. The van der Waals surface area contributed by atoms with Crippen molar-refractivity contribution in [2.45, 2.75) is 121 Å². The van der Waals surface area contributed by atoms with Crippen LogP contribution in [0.5, 0.6) is 0 Å². The normalized spacial score (nSPS) is 26.5. The van der Waals surface area contributed by atoms with Crippen molar-refractivity contribution in [2.75, 3.05) is 45.8 Å². The molecule has 0 radical (unpaired) electrons. The maximum atomic E-state index is 14.8. The summed E-state index contributed by atoms with van der Waals surface area (Å²) >= 11 is 6.50. The first-order valence-corrected chi connectivity index (χ1v) is 21.3. The number of rotatable bonds is 14. The van der Waals surface area contributed by atoms with Gasteiger partial charge in [0.05, 0.1) is 12.1 Å². The Morgan fingerprint density at radius 3 is 2.57 bits per heavy atom. The standard InChI is InChI=1S/C44H61ClN6O3/c1-31-42(35-10-4-2-5-11-35)54-44(47-31)50-26-27-51(40(30-50)41(52)22-16-32-13-17-34-18-21-38(45)37(34)28-32)43(53)39(48-36-19-14-33(29-46)15-20-36)12-6-9-25-49-23-7-3-8-24-49/h2,4-5,10-11,13,17,21,28,31,33,36,39-40,42,48H,3,6-9,12,14-16,18-20,22-27,29-30,46H2,1H3/t31-,33?,36?,39+,40-,42+/m0/s1. The average Bonchev–Trinajstić information content (AvgIpc) is 3.80. The number of likely N-dealkylation sites (tertiary alicyclic amines) is 1. The molecule has 0 spiro atoms. The fourth-order valence-corrected chi connectivity index (χ4v) is 9.50. The maximum Gasteiger partial charge on any atom is 0.288 e. The van der Waals surface area contributed by atoms with Crippen LogP contribution in [-0.2, 0) is 27.2 Å². The monoisotopic (exact) mass is 756 g/mol. The number of Topliss-reactive ketones (excluding diaryl/α,β-unsaturated/α-hetero) is 1. The predicted molar refractivity (Wildman–Crippen MR) is 217 cm³/mol. The number of ketones is 1. The molecule has 292 valence electrons. The molecule has 1 amide bonds. The molecule has 3 heterocycles. The number of nitrogens with one attached hydrogen (secondary N) is 1. The van der Waals surface area contributed by atoms with E-state index in [-0.39, 0.29) is 35.9 Å². The van der Waals surface area contributed by atoms with Crippen molar-refractivity contribution in [3.63, 3.8) is 0 Å². The highest BCUT2D eigenvalue weighted by Gasteiger charge is 2.41. The number of nitrogens with zero attached hydrogens (tertiary/aromatic N) is 4. The molecular weight excluding hydrogens is 696 g/mol. The number of hydrogen-bond donors (Lipinski definition) is 2. The van der Waals surface area contributed by atoms with Crippen LogP contribution in [0, 0.1) is 5.92 Å². The number of carbonyl (C=O) groups excluding carboxylic acids is 2. The predicted octanol–water partition coefficient (Wildman–Crippen LogP) is 6.48. The summed E-state index contributed by atoms with van der Waals surface area (Å²) in [5.41, 5.74) is 10.5. The Balaban J connectivity index is 1.07. The van der Waals surface area contributed by atoms with Crippen molar-refractivity contribution in [3.8, 4) is 0 Å². The number of halogens is 1. The molecule has 3 aliphatic heterocycles. The van der Waals surface area contributed by atoms with Crippen LogP contribution < -0.4 is 11.1 Å². The molecular formula is C44H61ClN6O3. The molecule has 3 N–H and O–H groups in total. The van der Waals surface area contributed by atoms with Gasteiger partial charge < -0.3 is 30.5 Å². The van der Waals surface area contributed by atoms with Gasteiger partial charge in [-0.05, 0) is 132 Å². The van der Waals surface area contributed by atoms with E-state index in [9.17, 15) is 9.59 Å². The molecule has 0 unspecified atom stereocenters. The van der Waals surface area contributed by atoms with Gasteiger partial charge in [-0.15, -0.1) is 0 Å². The number of unbranched alkanes of at least 4 members (excludes halogenated alkanes) is 1. The minimum atomic E-state index is -0.591. The van der Waals surface area contributed by atoms with Crippen molar-refractivity contribution in [3.05, 3.63) is 76.9 Å². The SMILES string of the molecule is C[C@@H]1N=C(N2CCN(C(=O)[C@@H](CCCCN3CCCCC3)NC3CCC(CN)CC3)[C@H](C(=O)CCc3ccc4c(c3)C(Cl)=CC4)C2)O[C@H]1c1ccccc1. The van der Waals surface area contributed by atoms with E-state index in [0.717, 1.165) is 86.2 Å². The van der Waals surface area contributed by atoms with Gasteiger partial charge in [-0.3, -0.25) is 9.59 Å². The average molecular weight is 757 g/mol. The first kappa shape index (κ1) is 39.0. The lowest BCUT2D eigenvalue weighted by Crippen LogP contribution is -2.63. The lowest BCUT2D eigenvalue weighted by Gasteiger charge is -2.43. The molecule has 4 atom stereocenters. The second-order valence-electron chi connectivity index (χ2n) is 16.4. The quantitative estimate of drug-likeness (QED) is 0.213. The van der Waals surface area contributed by atoms with E-state index in [1.165, 1.54) is 37.9 Å². The maximum absolute atomic E-state index is 14.8. The van der Waals surface area contributed by atoms with Crippen LogP contribution in [0.3, 0.4) is 0 Å². The minimum Gasteiger partial charge on any atom is -0.455 e. The molecule has 0 bridgehead atoms. The number of hydrogen-bond acceptors (Lipinski definition) is 8. The van der Waals surface area contributed by atoms with Gasteiger partial charge in [0.15, 0.2) is 5.78 Å². The number of allylic oxidation sites excluding steroid dienone is 1. The Labute approximate surface area is 327 Å². The summed E-state index contributed by atoms with van der Waals surface area (Å²) in [6, 6.07) is 16.5. The van der Waals surface area contributed by atoms with E-state index in [1.54, 1.807) is 0 Å². The lowest BCUT2D eigenvalue weighted by atomic mass is 9.85. The fourth-order valence-electron chi connectivity index (χ4n) is 9.24. The van der Waals surface area contributed by atoms with Crippen LogP contribution >= 0.6 is 11.6 Å². The van der Waals surface area contributed by atoms with Gasteiger partial charge in [0.1, 0.15) is 12.1 Å². The number of benzene rings is 2. The number of piperidine rings is 1. The van der Waals surface area contributed by atoms with Gasteiger partial charge in [0, 0.05) is 37.1 Å². The van der Waals surface area contributed by atoms with E-state index in [1.807, 2.05) is 29.2 Å². The zero-order valence-electron chi connectivity index (χ0n) is 32.3. The third kappa shape index (κ3) is 9.58. The first-order valence-electron chi connectivity index (χ1n) is 20.9. The topological polar surface area (TPSA) is 104 Å². The van der Waals surface area contributed by atoms with E-state index in [4.69, 9.17) is 27.1 Å². The van der Waals surface area contributed by atoms with E-state index in [0.29, 0.717) is 44.4 Å². The number of nitrogens with two attached hydrogens (primary N) is 1. The molecule has 2 saturated heterocycles. The second kappa shape index (κ2) is 18.6. The van der Waals surface area contributed by atoms with Crippen molar-refractivity contribution in [2.24, 2.45) is 16.6 Å². The highest BCUT2D eigenvalue weighted by molar-refractivity contribution is 6.49. The highest BCUT2D eigenvalue weighted by Crippen LogP contribution is 2.33. The smallest absolute Gasteiger partial charge is 0.288 e. The molecule has 0 aromatic heterocycles. The van der Waals surface area contributed by atoms with Crippen LogP contribution in [-0.4, -0.2) is 102 Å². The summed E-state index contributed by atoms with van der Waals surface area (Å²) < 4.78 is 6.50. The van der Waals surface area contributed by atoms with Gasteiger partial charge >= 0.3 is 0 Å². The van der Waals surface area contributed by atoms with Crippen LogP contribution in [0.15, 0.2) is 59.6 Å². The lowest BCUT2D eigenvalue weighted by molar-refractivity contribution is -0.144. The number of carbonyl (C=O) groups is 2. The molecule has 9 nitrogen and oxygen atoms in total. The summed E-state index contributed by atoms with van der Waals surface area (Å²) in [4.78, 5) is 40.8. The molecule has 5 aliphatic rings. The Kier molecular flexibility index (Phi) is 13.4. The van der Waals surface area contributed by atoms with Crippen LogP contribution in [0.4, 0.5) is 0 Å². The van der Waals surface area contributed by atoms with Crippen LogP contribution in [0.1, 0.15) is 106 Å². The van der Waals surface area contributed by atoms with Gasteiger partial charge in [0.2, 0.25) is 5.91 Å². The third-order valence-corrected chi connectivity index (χ3v) is 12.9. The first-order chi connectivity index (χ1) is 26.4. The number of piperazine rings is 1. The summed E-state index contributed by atoms with van der Waals surface area (Å²) in [6.45, 7) is 7.68. The molecule has 3 fully saturated rings. The fraction of sp³-hybridized carbons (Fsp3) is 0.614. The molecule has 10 heteroatoms. The van der Waals surface area contributed by atoms with E-state index in [2.05, 4.69) is 52.4 Å². The molecule has 2 aliphatic carbocycles. The molecule has 1 saturated carbocycles. The number of amidine groups is 1. The minimum absolute atomic E-state index is 0.0511. The molecule has 54 heavy (non-hydrogen) atoms. The summed E-state index contributed by atoms with van der Waals surface area (Å²) in [6.07, 6.45) is 14.7. The van der Waals surface area contributed by atoms with Gasteiger partial charge in [-0.1, -0.05) is 73.0 Å². The zero-order valence-corrected chi connectivity index (χ0v) is 33.0. The van der Waals surface area contributed by atoms with E-state index < -0.39 is 6.04 Å². The van der Waals surface area contributed by atoms with Crippen molar-refractivity contribution < 1.29 is 14.3 Å². The summed E-state index contributed by atoms with van der Waals surface area (Å²) in [5.74, 6) is 0.708. The third-order valence-electron chi connectivity index (χ3n) is 12.6. The van der Waals surface area contributed by atoms with Crippen LogP contribution in [0.2, 0.25) is 0 Å². The molecule has 2 aromatic rings. The Hall–Kier alpha value is -3.24. The molecule has 2 aromatic carbocycles.